The largest absolute Gasteiger partial charge is 0.378 e. The molecule has 26 heavy (non-hydrogen) atoms. The summed E-state index contributed by atoms with van der Waals surface area (Å²) in [7, 11) is 0. The maximum Gasteiger partial charge on any atom is 0.257 e. The van der Waals surface area contributed by atoms with Crippen molar-refractivity contribution < 1.29 is 9.53 Å². The van der Waals surface area contributed by atoms with E-state index >= 15 is 0 Å². The summed E-state index contributed by atoms with van der Waals surface area (Å²) in [6, 6.07) is 10.5. The summed E-state index contributed by atoms with van der Waals surface area (Å²) < 4.78 is 6.40. The zero-order chi connectivity index (χ0) is 18.1. The minimum Gasteiger partial charge on any atom is -0.378 e. The zero-order valence-corrected chi connectivity index (χ0v) is 16.0. The predicted molar refractivity (Wildman–Crippen MR) is 107 cm³/mol. The van der Waals surface area contributed by atoms with Crippen molar-refractivity contribution in [3.05, 3.63) is 52.0 Å². The highest BCUT2D eigenvalue weighted by Crippen LogP contribution is 2.31. The van der Waals surface area contributed by atoms with Gasteiger partial charge in [-0.1, -0.05) is 34.5 Å². The molecule has 1 aliphatic heterocycles. The van der Waals surface area contributed by atoms with E-state index in [2.05, 4.69) is 15.2 Å². The molecule has 8 heteroatoms. The van der Waals surface area contributed by atoms with Crippen molar-refractivity contribution in [2.75, 3.05) is 36.5 Å². The van der Waals surface area contributed by atoms with E-state index in [1.54, 1.807) is 29.5 Å². The molecule has 1 amide bonds. The van der Waals surface area contributed by atoms with Gasteiger partial charge in [0.2, 0.25) is 0 Å². The van der Waals surface area contributed by atoms with Crippen LogP contribution in [0.15, 0.2) is 36.4 Å². The molecule has 1 N–H and O–H groups in total. The molecule has 0 saturated carbocycles. The highest BCUT2D eigenvalue weighted by molar-refractivity contribution is 7.22. The van der Waals surface area contributed by atoms with E-state index in [-0.39, 0.29) is 5.91 Å². The Morgan fingerprint density at radius 1 is 1.15 bits per heavy atom. The Labute approximate surface area is 164 Å². The average Bonchev–Trinajstić information content (AvgIpc) is 3.08. The van der Waals surface area contributed by atoms with Gasteiger partial charge in [0, 0.05) is 23.8 Å². The van der Waals surface area contributed by atoms with E-state index in [1.165, 1.54) is 0 Å². The van der Waals surface area contributed by atoms with Crippen LogP contribution in [0, 0.1) is 0 Å². The van der Waals surface area contributed by atoms with Crippen LogP contribution in [0.5, 0.6) is 0 Å². The number of hydrogen-bond donors (Lipinski definition) is 1. The van der Waals surface area contributed by atoms with Gasteiger partial charge in [-0.3, -0.25) is 4.79 Å². The molecule has 1 aliphatic rings. The summed E-state index contributed by atoms with van der Waals surface area (Å²) in [5, 5.41) is 4.67. The minimum atomic E-state index is -0.297. The molecular weight excluding hydrogens is 393 g/mol. The Bertz CT molecular complexity index is 970. The second kappa shape index (κ2) is 7.40. The number of ether oxygens (including phenoxy) is 1. The van der Waals surface area contributed by atoms with Gasteiger partial charge in [-0.05, 0) is 36.4 Å². The number of rotatable bonds is 3. The van der Waals surface area contributed by atoms with Crippen LogP contribution in [-0.2, 0) is 4.74 Å². The quantitative estimate of drug-likeness (QED) is 0.683. The maximum atomic E-state index is 12.5. The number of halogens is 2. The van der Waals surface area contributed by atoms with Crippen LogP contribution in [0.1, 0.15) is 10.4 Å². The molecule has 1 aromatic heterocycles. The third kappa shape index (κ3) is 3.64. The third-order valence-electron chi connectivity index (χ3n) is 4.09. The molecule has 4 rings (SSSR count). The number of amides is 1. The second-order valence-electron chi connectivity index (χ2n) is 5.86. The van der Waals surface area contributed by atoms with Crippen molar-refractivity contribution in [1.29, 1.82) is 0 Å². The summed E-state index contributed by atoms with van der Waals surface area (Å²) in [6.07, 6.45) is 0. The number of anilines is 2. The van der Waals surface area contributed by atoms with Crippen LogP contribution in [0.3, 0.4) is 0 Å². The van der Waals surface area contributed by atoms with Gasteiger partial charge < -0.3 is 15.0 Å². The van der Waals surface area contributed by atoms with E-state index in [9.17, 15) is 4.79 Å². The molecule has 134 valence electrons. The standard InChI is InChI=1S/C18H15Cl2N3O2S/c19-11-1-3-14(20)13(9-11)17(24)21-12-2-4-15-16(10-12)26-18(22-15)23-5-7-25-8-6-23/h1-4,9-10H,5-8H2,(H,21,24). The number of morpholine rings is 1. The summed E-state index contributed by atoms with van der Waals surface area (Å²) in [5.41, 5.74) is 1.95. The van der Waals surface area contributed by atoms with Gasteiger partial charge in [-0.25, -0.2) is 4.98 Å². The third-order valence-corrected chi connectivity index (χ3v) is 5.73. The Kier molecular flexibility index (Phi) is 5.00. The van der Waals surface area contributed by atoms with Gasteiger partial charge in [0.15, 0.2) is 5.13 Å². The second-order valence-corrected chi connectivity index (χ2v) is 7.71. The topological polar surface area (TPSA) is 54.5 Å². The Balaban J connectivity index is 1.57. The Morgan fingerprint density at radius 3 is 2.77 bits per heavy atom. The summed E-state index contributed by atoms with van der Waals surface area (Å²) >= 11 is 13.7. The zero-order valence-electron chi connectivity index (χ0n) is 13.7. The predicted octanol–water partition coefficient (Wildman–Crippen LogP) is 4.69. The number of aromatic nitrogens is 1. The fourth-order valence-corrected chi connectivity index (χ4v) is 4.18. The lowest BCUT2D eigenvalue weighted by Gasteiger charge is -2.25. The molecule has 1 saturated heterocycles. The highest BCUT2D eigenvalue weighted by Gasteiger charge is 2.16. The first kappa shape index (κ1) is 17.5. The van der Waals surface area contributed by atoms with Gasteiger partial charge >= 0.3 is 0 Å². The van der Waals surface area contributed by atoms with Gasteiger partial charge in [-0.15, -0.1) is 0 Å². The fraction of sp³-hybridized carbons (Fsp3) is 0.222. The monoisotopic (exact) mass is 407 g/mol. The molecule has 2 aromatic carbocycles. The summed E-state index contributed by atoms with van der Waals surface area (Å²) in [5.74, 6) is -0.297. The van der Waals surface area contributed by atoms with Crippen molar-refractivity contribution in [2.24, 2.45) is 0 Å². The number of nitrogens with zero attached hydrogens (tertiary/aromatic N) is 2. The van der Waals surface area contributed by atoms with Gasteiger partial charge in [0.1, 0.15) is 0 Å². The average molecular weight is 408 g/mol. The van der Waals surface area contributed by atoms with Crippen LogP contribution in [0.25, 0.3) is 10.2 Å². The van der Waals surface area contributed by atoms with Gasteiger partial charge in [-0.2, -0.15) is 0 Å². The van der Waals surface area contributed by atoms with E-state index in [0.717, 1.165) is 41.7 Å². The number of carbonyl (C=O) groups excluding carboxylic acids is 1. The molecule has 2 heterocycles. The van der Waals surface area contributed by atoms with Crippen molar-refractivity contribution in [2.45, 2.75) is 0 Å². The molecule has 0 atom stereocenters. The summed E-state index contributed by atoms with van der Waals surface area (Å²) in [4.78, 5) is 19.4. The Morgan fingerprint density at radius 2 is 1.96 bits per heavy atom. The van der Waals surface area contributed by atoms with Crippen molar-refractivity contribution >= 4 is 61.5 Å². The van der Waals surface area contributed by atoms with Gasteiger partial charge in [0.25, 0.3) is 5.91 Å². The van der Waals surface area contributed by atoms with E-state index < -0.39 is 0 Å². The molecule has 3 aromatic rings. The first-order valence-corrected chi connectivity index (χ1v) is 9.67. The van der Waals surface area contributed by atoms with Crippen LogP contribution < -0.4 is 10.2 Å². The van der Waals surface area contributed by atoms with Crippen molar-refractivity contribution in [3.63, 3.8) is 0 Å². The van der Waals surface area contributed by atoms with Crippen LogP contribution in [0.2, 0.25) is 10.0 Å². The van der Waals surface area contributed by atoms with E-state index in [0.29, 0.717) is 21.3 Å². The molecule has 1 fully saturated rings. The molecule has 0 aliphatic carbocycles. The van der Waals surface area contributed by atoms with Crippen LogP contribution in [-0.4, -0.2) is 37.2 Å². The van der Waals surface area contributed by atoms with E-state index in [1.807, 2.05) is 18.2 Å². The number of carbonyl (C=O) groups is 1. The van der Waals surface area contributed by atoms with Crippen molar-refractivity contribution in [1.82, 2.24) is 4.98 Å². The number of fused-ring (bicyclic) bond motifs is 1. The molecule has 0 spiro atoms. The summed E-state index contributed by atoms with van der Waals surface area (Å²) in [6.45, 7) is 3.13. The highest BCUT2D eigenvalue weighted by atomic mass is 35.5. The number of hydrogen-bond acceptors (Lipinski definition) is 5. The number of nitrogens with one attached hydrogen (secondary N) is 1. The number of benzene rings is 2. The lowest BCUT2D eigenvalue weighted by Crippen LogP contribution is -2.36. The smallest absolute Gasteiger partial charge is 0.257 e. The van der Waals surface area contributed by atoms with Crippen LogP contribution in [0.4, 0.5) is 10.8 Å². The molecule has 0 bridgehead atoms. The first-order chi connectivity index (χ1) is 12.6. The Hall–Kier alpha value is -1.86. The van der Waals surface area contributed by atoms with Crippen molar-refractivity contribution in [3.8, 4) is 0 Å². The SMILES string of the molecule is O=C(Nc1ccc2nc(N3CCOCC3)sc2c1)c1cc(Cl)ccc1Cl. The normalized spacial score (nSPS) is 14.6. The lowest BCUT2D eigenvalue weighted by atomic mass is 10.2. The van der Waals surface area contributed by atoms with Gasteiger partial charge in [0.05, 0.1) is 34.0 Å². The molecule has 0 unspecified atom stereocenters. The molecule has 0 radical (unpaired) electrons. The lowest BCUT2D eigenvalue weighted by molar-refractivity contribution is 0.102. The maximum absolute atomic E-state index is 12.5. The van der Waals surface area contributed by atoms with E-state index in [4.69, 9.17) is 27.9 Å². The number of thiazole rings is 1. The first-order valence-electron chi connectivity index (χ1n) is 8.10. The molecular formula is C18H15Cl2N3O2S. The van der Waals surface area contributed by atoms with Crippen LogP contribution >= 0.6 is 34.5 Å². The molecule has 5 nitrogen and oxygen atoms in total. The fourth-order valence-electron chi connectivity index (χ4n) is 2.75. The minimum absolute atomic E-state index is 0.297.